The van der Waals surface area contributed by atoms with Crippen LogP contribution in [0.1, 0.15) is 25.6 Å². The van der Waals surface area contributed by atoms with E-state index in [1.807, 2.05) is 55.6 Å². The van der Waals surface area contributed by atoms with Gasteiger partial charge in [0.2, 0.25) is 0 Å². The summed E-state index contributed by atoms with van der Waals surface area (Å²) in [6.07, 6.45) is 1.76. The van der Waals surface area contributed by atoms with Crippen LogP contribution in [0.25, 0.3) is 38.7 Å². The molecular formula is C25H23N7O2S. The molecule has 0 saturated heterocycles. The number of aromatic nitrogens is 7. The molecular weight excluding hydrogens is 462 g/mol. The smallest absolute Gasteiger partial charge is 0.325 e. The molecule has 0 radical (unpaired) electrons. The lowest BCUT2D eigenvalue weighted by molar-refractivity contribution is 0.613. The van der Waals surface area contributed by atoms with Gasteiger partial charge in [0.1, 0.15) is 11.5 Å². The lowest BCUT2D eigenvalue weighted by atomic mass is 10.2. The highest BCUT2D eigenvalue weighted by atomic mass is 32.2. The van der Waals surface area contributed by atoms with E-state index in [2.05, 4.69) is 16.3 Å². The van der Waals surface area contributed by atoms with Crippen molar-refractivity contribution >= 4 is 50.5 Å². The lowest BCUT2D eigenvalue weighted by Crippen LogP contribution is -2.31. The predicted octanol–water partition coefficient (Wildman–Crippen LogP) is 3.86. The third-order valence-electron chi connectivity index (χ3n) is 6.28. The molecule has 2 aromatic carbocycles. The molecule has 0 bridgehead atoms. The predicted molar refractivity (Wildman–Crippen MR) is 138 cm³/mol. The van der Waals surface area contributed by atoms with Gasteiger partial charge in [0.25, 0.3) is 5.56 Å². The zero-order valence-corrected chi connectivity index (χ0v) is 20.2. The van der Waals surface area contributed by atoms with E-state index in [0.717, 1.165) is 45.6 Å². The van der Waals surface area contributed by atoms with Crippen molar-refractivity contribution in [1.29, 1.82) is 0 Å². The number of nitrogens with zero attached hydrogens (tertiary/aromatic N) is 6. The summed E-state index contributed by atoms with van der Waals surface area (Å²) in [6, 6.07) is 16.0. The highest BCUT2D eigenvalue weighted by Crippen LogP contribution is 2.30. The molecule has 10 heteroatoms. The van der Waals surface area contributed by atoms with Crippen molar-refractivity contribution in [3.05, 3.63) is 75.2 Å². The summed E-state index contributed by atoms with van der Waals surface area (Å²) in [5.74, 6) is 1.17. The van der Waals surface area contributed by atoms with E-state index in [9.17, 15) is 9.59 Å². The first-order chi connectivity index (χ1) is 17.1. The fraction of sp³-hybridized carbons (Fsp3) is 0.240. The summed E-state index contributed by atoms with van der Waals surface area (Å²) in [4.78, 5) is 42.0. The van der Waals surface area contributed by atoms with E-state index in [1.54, 1.807) is 9.13 Å². The second-order valence-electron chi connectivity index (χ2n) is 8.48. The van der Waals surface area contributed by atoms with E-state index in [4.69, 9.17) is 15.0 Å². The average Bonchev–Trinajstić information content (AvgIpc) is 3.41. The van der Waals surface area contributed by atoms with Gasteiger partial charge in [-0.05, 0) is 30.7 Å². The number of fused-ring (bicyclic) bond motifs is 6. The number of imidazole rings is 2. The second-order valence-corrected chi connectivity index (χ2v) is 9.43. The van der Waals surface area contributed by atoms with Crippen LogP contribution in [-0.2, 0) is 19.3 Å². The van der Waals surface area contributed by atoms with E-state index >= 15 is 0 Å². The van der Waals surface area contributed by atoms with Gasteiger partial charge < -0.3 is 4.57 Å². The average molecular weight is 486 g/mol. The Kier molecular flexibility index (Phi) is 5.18. The summed E-state index contributed by atoms with van der Waals surface area (Å²) in [5.41, 5.74) is 3.60. The van der Waals surface area contributed by atoms with E-state index in [-0.39, 0.29) is 0 Å². The summed E-state index contributed by atoms with van der Waals surface area (Å²) >= 11 is 1.53. The van der Waals surface area contributed by atoms with Crippen LogP contribution in [0.4, 0.5) is 0 Å². The van der Waals surface area contributed by atoms with Gasteiger partial charge >= 0.3 is 5.69 Å². The molecule has 0 amide bonds. The summed E-state index contributed by atoms with van der Waals surface area (Å²) in [5, 5.41) is 1.78. The van der Waals surface area contributed by atoms with Gasteiger partial charge in [-0.2, -0.15) is 0 Å². The molecule has 0 aliphatic carbocycles. The highest BCUT2D eigenvalue weighted by molar-refractivity contribution is 7.98. The minimum absolute atomic E-state index is 0.404. The Hall–Kier alpha value is -3.92. The Morgan fingerprint density at radius 2 is 1.71 bits per heavy atom. The van der Waals surface area contributed by atoms with Crippen molar-refractivity contribution in [2.24, 2.45) is 7.05 Å². The Bertz CT molecular complexity index is 1860. The first kappa shape index (κ1) is 21.6. The standard InChI is InChI=1S/C25H23N7O2S/c1-3-4-13-31-22-20(23(33)29-24(31)34)30(2)19(28-22)14-35-25-27-16-10-6-5-9-15(16)21-26-17-11-7-8-12-18(17)32(21)25/h5-12H,3-4,13-14H2,1-2H3,(H,29,33,34). The third kappa shape index (κ3) is 3.44. The van der Waals surface area contributed by atoms with Gasteiger partial charge in [-0.1, -0.05) is 49.4 Å². The Morgan fingerprint density at radius 1 is 0.943 bits per heavy atom. The normalized spacial score (nSPS) is 11.9. The van der Waals surface area contributed by atoms with Crippen LogP contribution in [0.3, 0.4) is 0 Å². The monoisotopic (exact) mass is 485 g/mol. The topological polar surface area (TPSA) is 103 Å². The summed E-state index contributed by atoms with van der Waals surface area (Å²) < 4.78 is 5.41. The van der Waals surface area contributed by atoms with Crippen molar-refractivity contribution < 1.29 is 0 Å². The fourth-order valence-electron chi connectivity index (χ4n) is 4.48. The van der Waals surface area contributed by atoms with Gasteiger partial charge in [-0.15, -0.1) is 0 Å². The molecule has 0 fully saturated rings. The molecule has 6 aromatic rings. The van der Waals surface area contributed by atoms with Crippen LogP contribution >= 0.6 is 11.8 Å². The van der Waals surface area contributed by atoms with Crippen LogP contribution in [0, 0.1) is 0 Å². The van der Waals surface area contributed by atoms with Crippen molar-refractivity contribution in [1.82, 2.24) is 33.5 Å². The largest absolute Gasteiger partial charge is 0.330 e. The third-order valence-corrected chi connectivity index (χ3v) is 7.22. The number of aryl methyl sites for hydroxylation is 2. The Labute approximate surface area is 203 Å². The number of benzene rings is 2. The number of hydrogen-bond donors (Lipinski definition) is 1. The molecule has 9 nitrogen and oxygen atoms in total. The number of unbranched alkanes of at least 4 members (excludes halogenated alkanes) is 1. The number of aromatic amines is 1. The molecule has 176 valence electrons. The van der Waals surface area contributed by atoms with Crippen LogP contribution in [0.15, 0.2) is 63.3 Å². The zero-order valence-electron chi connectivity index (χ0n) is 19.4. The molecule has 6 rings (SSSR count). The van der Waals surface area contributed by atoms with Crippen LogP contribution < -0.4 is 11.2 Å². The van der Waals surface area contributed by atoms with Crippen LogP contribution in [0.2, 0.25) is 0 Å². The molecule has 0 atom stereocenters. The highest BCUT2D eigenvalue weighted by Gasteiger charge is 2.19. The fourth-order valence-corrected chi connectivity index (χ4v) is 5.48. The first-order valence-electron chi connectivity index (χ1n) is 11.5. The molecule has 0 aliphatic rings. The van der Waals surface area contributed by atoms with Crippen LogP contribution in [0.5, 0.6) is 0 Å². The molecule has 0 aliphatic heterocycles. The quantitative estimate of drug-likeness (QED) is 0.284. The summed E-state index contributed by atoms with van der Waals surface area (Å²) in [7, 11) is 1.81. The molecule has 1 N–H and O–H groups in total. The summed E-state index contributed by atoms with van der Waals surface area (Å²) in [6.45, 7) is 2.58. The maximum absolute atomic E-state index is 12.6. The molecule has 0 unspecified atom stereocenters. The van der Waals surface area contributed by atoms with Gasteiger partial charge in [-0.25, -0.2) is 19.7 Å². The first-order valence-corrected chi connectivity index (χ1v) is 12.5. The number of nitrogens with one attached hydrogen (secondary N) is 1. The molecule has 0 spiro atoms. The van der Waals surface area contributed by atoms with E-state index in [1.165, 1.54) is 11.8 Å². The number of H-pyrrole nitrogens is 1. The SMILES string of the molecule is CCCCn1c(=O)[nH]c(=O)c2c1nc(CSc1nc3ccccc3c3nc4ccccc4n13)n2C. The van der Waals surface area contributed by atoms with E-state index < -0.39 is 11.2 Å². The van der Waals surface area contributed by atoms with Crippen molar-refractivity contribution in [2.75, 3.05) is 0 Å². The minimum Gasteiger partial charge on any atom is -0.325 e. The number of thioether (sulfide) groups is 1. The van der Waals surface area contributed by atoms with Gasteiger partial charge in [-0.3, -0.25) is 18.7 Å². The van der Waals surface area contributed by atoms with Crippen molar-refractivity contribution in [2.45, 2.75) is 37.2 Å². The van der Waals surface area contributed by atoms with Gasteiger partial charge in [0, 0.05) is 19.0 Å². The number of para-hydroxylation sites is 3. The number of hydrogen-bond acceptors (Lipinski definition) is 6. The van der Waals surface area contributed by atoms with Gasteiger partial charge in [0.05, 0.1) is 22.3 Å². The Balaban J connectivity index is 1.48. The second kappa shape index (κ2) is 8.38. The maximum atomic E-state index is 12.6. The maximum Gasteiger partial charge on any atom is 0.330 e. The van der Waals surface area contributed by atoms with Gasteiger partial charge in [0.15, 0.2) is 16.3 Å². The van der Waals surface area contributed by atoms with Crippen LogP contribution in [-0.4, -0.2) is 33.5 Å². The minimum atomic E-state index is -0.421. The number of rotatable bonds is 6. The van der Waals surface area contributed by atoms with Crippen molar-refractivity contribution in [3.8, 4) is 0 Å². The molecule has 0 saturated carbocycles. The van der Waals surface area contributed by atoms with Crippen molar-refractivity contribution in [3.63, 3.8) is 0 Å². The molecule has 35 heavy (non-hydrogen) atoms. The van der Waals surface area contributed by atoms with E-state index in [0.29, 0.717) is 29.3 Å². The molecule has 4 heterocycles. The lowest BCUT2D eigenvalue weighted by Gasteiger charge is -2.08. The Morgan fingerprint density at radius 3 is 2.54 bits per heavy atom. The molecule has 4 aromatic heterocycles. The zero-order chi connectivity index (χ0) is 24.1.